The number of carbonyl (C=O) groups excluding carboxylic acids is 5. The van der Waals surface area contributed by atoms with Gasteiger partial charge in [-0.15, -0.1) is 0 Å². The summed E-state index contributed by atoms with van der Waals surface area (Å²) >= 11 is 0. The first-order chi connectivity index (χ1) is 29.7. The van der Waals surface area contributed by atoms with Gasteiger partial charge in [-0.2, -0.15) is 0 Å². The van der Waals surface area contributed by atoms with Gasteiger partial charge in [-0.1, -0.05) is 72.8 Å². The Morgan fingerprint density at radius 3 is 2.13 bits per heavy atom. The lowest BCUT2D eigenvalue weighted by molar-refractivity contribution is -0.139. The molecule has 2 fully saturated rings. The molecule has 2 aromatic heterocycles. The number of H-pyrrole nitrogens is 1. The van der Waals surface area contributed by atoms with Crippen LogP contribution in [-0.2, 0) is 23.9 Å². The largest absolute Gasteiger partial charge is 0.453 e. The average Bonchev–Trinajstić information content (AvgIpc) is 4.14. The fourth-order valence-electron chi connectivity index (χ4n) is 8.29. The molecular formula is C45H46N8O8. The monoisotopic (exact) mass is 826 g/mol. The first-order valence-corrected chi connectivity index (χ1v) is 20.2. The number of rotatable bonds is 11. The number of imidazole rings is 1. The number of amides is 5. The third kappa shape index (κ3) is 8.74. The molecule has 4 N–H and O–H groups in total. The Morgan fingerprint density at radius 2 is 1.46 bits per heavy atom. The molecule has 5 aromatic rings. The molecule has 314 valence electrons. The minimum atomic E-state index is -1.01. The van der Waals surface area contributed by atoms with Gasteiger partial charge in [-0.25, -0.2) is 19.6 Å². The molecule has 16 nitrogen and oxygen atoms in total. The van der Waals surface area contributed by atoms with Crippen molar-refractivity contribution in [3.8, 4) is 11.5 Å². The Labute approximate surface area is 351 Å². The third-order valence-corrected chi connectivity index (χ3v) is 11.3. The van der Waals surface area contributed by atoms with E-state index in [1.54, 1.807) is 47.5 Å². The number of nitrogens with zero attached hydrogens (tertiary/aromatic N) is 4. The van der Waals surface area contributed by atoms with Crippen molar-refractivity contribution in [2.45, 2.75) is 62.2 Å². The molecule has 5 atom stereocenters. The minimum Gasteiger partial charge on any atom is -0.453 e. The van der Waals surface area contributed by atoms with Gasteiger partial charge in [0.25, 0.3) is 11.8 Å². The Balaban J connectivity index is 0.925. The van der Waals surface area contributed by atoms with Crippen molar-refractivity contribution >= 4 is 40.9 Å². The van der Waals surface area contributed by atoms with E-state index in [2.05, 4.69) is 25.9 Å². The van der Waals surface area contributed by atoms with Crippen molar-refractivity contribution < 1.29 is 37.9 Å². The lowest BCUT2D eigenvalue weighted by Crippen LogP contribution is -2.50. The summed E-state index contributed by atoms with van der Waals surface area (Å²) in [5.74, 6) is 0.499. The summed E-state index contributed by atoms with van der Waals surface area (Å²) in [4.78, 5) is 82.2. The predicted molar refractivity (Wildman–Crippen MR) is 222 cm³/mol. The molecular weight excluding hydrogens is 781 g/mol. The van der Waals surface area contributed by atoms with E-state index in [9.17, 15) is 24.0 Å². The van der Waals surface area contributed by atoms with E-state index in [0.29, 0.717) is 84.2 Å². The standard InChI is InChI=1S/C45H46N8O8/c1-59-44(57)50-37(27-12-5-3-6-13-27)42(55)52-22-10-18-34(52)39-48-32-21-20-30(25-33(32)49-39)41-46-26-36(61-41)29-16-9-17-31(24-29)47-40(54)35-19-11-23-53(35)43(56)38(51-45(58)60-2)28-14-7-4-8-15-28/h3-9,12-17,20-21,25-26,29,34-35,37-38H,10-11,18-19,22-24H2,1-2H3,(H,47,54)(H,48,49)(H,50,57)(H,51,58)/t29?,34-,35-,37+,38+/m0/s1. The summed E-state index contributed by atoms with van der Waals surface area (Å²) < 4.78 is 15.9. The minimum absolute atomic E-state index is 0.213. The van der Waals surface area contributed by atoms with Gasteiger partial charge in [-0.3, -0.25) is 14.4 Å². The number of aromatic nitrogens is 3. The van der Waals surface area contributed by atoms with Crippen LogP contribution in [0.15, 0.2) is 113 Å². The predicted octanol–water partition coefficient (Wildman–Crippen LogP) is 6.11. The normalized spacial score (nSPS) is 19.5. The fraction of sp³-hybridized carbons (Fsp3) is 0.311. The number of alkyl carbamates (subject to hydrolysis) is 2. The van der Waals surface area contributed by atoms with Crippen LogP contribution in [0.1, 0.15) is 78.9 Å². The van der Waals surface area contributed by atoms with Crippen LogP contribution in [0, 0.1) is 0 Å². The number of likely N-dealkylation sites (tertiary alicyclic amines) is 2. The van der Waals surface area contributed by atoms with Crippen molar-refractivity contribution in [1.82, 2.24) is 40.7 Å². The van der Waals surface area contributed by atoms with E-state index in [-0.39, 0.29) is 29.7 Å². The lowest BCUT2D eigenvalue weighted by atomic mass is 9.96. The zero-order chi connectivity index (χ0) is 42.5. The number of fused-ring (bicyclic) bond motifs is 1. The van der Waals surface area contributed by atoms with Gasteiger partial charge < -0.3 is 44.6 Å². The van der Waals surface area contributed by atoms with Crippen molar-refractivity contribution in [2.24, 2.45) is 0 Å². The van der Waals surface area contributed by atoms with Gasteiger partial charge in [0.15, 0.2) is 0 Å². The number of aromatic amines is 1. The van der Waals surface area contributed by atoms with Crippen LogP contribution >= 0.6 is 0 Å². The summed E-state index contributed by atoms with van der Waals surface area (Å²) in [6, 6.07) is 20.7. The van der Waals surface area contributed by atoms with Crippen LogP contribution in [0.3, 0.4) is 0 Å². The Morgan fingerprint density at radius 1 is 0.820 bits per heavy atom. The van der Waals surface area contributed by atoms with Crippen LogP contribution in [0.2, 0.25) is 0 Å². The van der Waals surface area contributed by atoms with E-state index in [1.807, 2.05) is 60.7 Å². The SMILES string of the molecule is COC(=O)N[C@@H](C(=O)N1CCC[C@H]1C(=O)NC1=CC=CC(c2cnc(-c3ccc4[nH]c([C@@H]5CCCN5C(=O)[C@H](NC(=O)OC)c5ccccc5)nc4c3)o2)C1)c1ccccc1. The summed E-state index contributed by atoms with van der Waals surface area (Å²) in [5, 5.41) is 8.36. The number of benzene rings is 3. The molecule has 1 aliphatic carbocycles. The molecule has 16 heteroatoms. The third-order valence-electron chi connectivity index (χ3n) is 11.3. The second-order valence-electron chi connectivity index (χ2n) is 15.1. The Bertz CT molecular complexity index is 2480. The molecule has 0 saturated carbocycles. The highest BCUT2D eigenvalue weighted by atomic mass is 16.5. The molecule has 0 radical (unpaired) electrons. The maximum atomic E-state index is 14.0. The molecule has 3 aliphatic rings. The molecule has 4 heterocycles. The molecule has 8 rings (SSSR count). The lowest BCUT2D eigenvalue weighted by Gasteiger charge is -2.29. The number of nitrogens with one attached hydrogen (secondary N) is 4. The Kier molecular flexibility index (Phi) is 11.9. The van der Waals surface area contributed by atoms with Crippen molar-refractivity contribution in [3.05, 3.63) is 132 Å². The van der Waals surface area contributed by atoms with Gasteiger partial charge in [0, 0.05) is 36.7 Å². The highest BCUT2D eigenvalue weighted by Crippen LogP contribution is 2.36. The van der Waals surface area contributed by atoms with Gasteiger partial charge in [-0.05, 0) is 61.1 Å². The maximum absolute atomic E-state index is 14.0. The van der Waals surface area contributed by atoms with Crippen LogP contribution in [0.5, 0.6) is 0 Å². The summed E-state index contributed by atoms with van der Waals surface area (Å²) in [6.45, 7) is 0.887. The average molecular weight is 827 g/mol. The molecule has 0 spiro atoms. The number of hydrogen-bond donors (Lipinski definition) is 4. The first kappa shape index (κ1) is 40.5. The highest BCUT2D eigenvalue weighted by molar-refractivity contribution is 5.93. The molecule has 0 bridgehead atoms. The van der Waals surface area contributed by atoms with Crippen molar-refractivity contribution in [2.75, 3.05) is 27.3 Å². The maximum Gasteiger partial charge on any atom is 0.407 e. The number of hydrogen-bond acceptors (Lipinski definition) is 10. The Hall–Kier alpha value is -7.23. The second-order valence-corrected chi connectivity index (χ2v) is 15.1. The van der Waals surface area contributed by atoms with Gasteiger partial charge in [0.2, 0.25) is 11.8 Å². The van der Waals surface area contributed by atoms with Crippen molar-refractivity contribution in [1.29, 1.82) is 0 Å². The van der Waals surface area contributed by atoms with E-state index in [4.69, 9.17) is 18.9 Å². The topological polar surface area (TPSA) is 201 Å². The number of oxazole rings is 1. The van der Waals surface area contributed by atoms with Gasteiger partial charge >= 0.3 is 12.2 Å². The second kappa shape index (κ2) is 17.9. The van der Waals surface area contributed by atoms with Crippen molar-refractivity contribution in [3.63, 3.8) is 0 Å². The van der Waals surface area contributed by atoms with Crippen LogP contribution in [-0.4, -0.2) is 88.0 Å². The summed E-state index contributed by atoms with van der Waals surface area (Å²) in [6.07, 6.45) is 8.95. The quantitative estimate of drug-likeness (QED) is 0.120. The van der Waals surface area contributed by atoms with E-state index >= 15 is 0 Å². The van der Waals surface area contributed by atoms with E-state index in [0.717, 1.165) is 11.9 Å². The van der Waals surface area contributed by atoms with Crippen LogP contribution in [0.25, 0.3) is 22.5 Å². The summed E-state index contributed by atoms with van der Waals surface area (Å²) in [7, 11) is 2.50. The van der Waals surface area contributed by atoms with Gasteiger partial charge in [0.05, 0.1) is 37.5 Å². The number of carbonyl (C=O) groups is 5. The molecule has 61 heavy (non-hydrogen) atoms. The molecule has 1 unspecified atom stereocenters. The van der Waals surface area contributed by atoms with Gasteiger partial charge in [0.1, 0.15) is 29.7 Å². The molecule has 5 amide bonds. The smallest absolute Gasteiger partial charge is 0.407 e. The zero-order valence-corrected chi connectivity index (χ0v) is 33.7. The van der Waals surface area contributed by atoms with E-state index in [1.165, 1.54) is 19.1 Å². The fourth-order valence-corrected chi connectivity index (χ4v) is 8.29. The molecule has 3 aromatic carbocycles. The zero-order valence-electron chi connectivity index (χ0n) is 33.7. The molecule has 2 aliphatic heterocycles. The first-order valence-electron chi connectivity index (χ1n) is 20.2. The van der Waals surface area contributed by atoms with Crippen LogP contribution < -0.4 is 16.0 Å². The number of ether oxygens (including phenoxy) is 2. The van der Waals surface area contributed by atoms with E-state index < -0.39 is 30.3 Å². The molecule has 2 saturated heterocycles. The number of methoxy groups -OCH3 is 2. The van der Waals surface area contributed by atoms with Crippen LogP contribution in [0.4, 0.5) is 9.59 Å². The summed E-state index contributed by atoms with van der Waals surface area (Å²) in [5.41, 5.74) is 4.09. The number of allylic oxidation sites excluding steroid dienone is 4. The highest BCUT2D eigenvalue weighted by Gasteiger charge is 2.40.